The van der Waals surface area contributed by atoms with Gasteiger partial charge in [-0.3, -0.25) is 0 Å². The molecule has 8 heteroatoms. The highest BCUT2D eigenvalue weighted by atomic mass is 32.2. The van der Waals surface area contributed by atoms with Crippen LogP contribution in [0.4, 0.5) is 4.79 Å². The van der Waals surface area contributed by atoms with Crippen LogP contribution in [0.5, 0.6) is 0 Å². The minimum Gasteiger partial charge on any atom is -0.598 e. The number of nitrogens with one attached hydrogen (secondary N) is 1. The van der Waals surface area contributed by atoms with Crippen molar-refractivity contribution in [2.45, 2.75) is 50.8 Å². The van der Waals surface area contributed by atoms with Gasteiger partial charge in [0.2, 0.25) is 0 Å². The van der Waals surface area contributed by atoms with Crippen LogP contribution in [0.2, 0.25) is 0 Å². The summed E-state index contributed by atoms with van der Waals surface area (Å²) in [5.74, 6) is 0. The summed E-state index contributed by atoms with van der Waals surface area (Å²) in [5.41, 5.74) is 2.79. The van der Waals surface area contributed by atoms with Crippen molar-refractivity contribution in [2.75, 3.05) is 13.1 Å². The number of piperidine rings is 1. The molecule has 1 saturated heterocycles. The van der Waals surface area contributed by atoms with Crippen LogP contribution in [-0.4, -0.2) is 43.5 Å². The molecule has 0 radical (unpaired) electrons. The second-order valence-electron chi connectivity index (χ2n) is 7.40. The lowest BCUT2D eigenvalue weighted by Crippen LogP contribution is -2.50. The minimum atomic E-state index is -1.18. The van der Waals surface area contributed by atoms with Gasteiger partial charge in [0, 0.05) is 34.7 Å². The van der Waals surface area contributed by atoms with Crippen LogP contribution in [0.3, 0.4) is 0 Å². The van der Waals surface area contributed by atoms with Crippen molar-refractivity contribution in [3.63, 3.8) is 0 Å². The van der Waals surface area contributed by atoms with Crippen LogP contribution >= 0.6 is 11.3 Å². The maximum absolute atomic E-state index is 12.6. The molecule has 3 rings (SSSR count). The summed E-state index contributed by atoms with van der Waals surface area (Å²) in [6.07, 6.45) is 1.61. The number of carbonyl (C=O) groups is 1. The van der Waals surface area contributed by atoms with Gasteiger partial charge in [0.1, 0.15) is 10.8 Å². The number of aromatic nitrogens is 1. The Morgan fingerprint density at radius 2 is 2.17 bits per heavy atom. The van der Waals surface area contributed by atoms with E-state index in [0.717, 1.165) is 25.0 Å². The highest BCUT2D eigenvalue weighted by Gasteiger charge is 2.52. The van der Waals surface area contributed by atoms with Crippen LogP contribution < -0.4 is 4.72 Å². The highest BCUT2D eigenvalue weighted by Crippen LogP contribution is 2.53. The number of nitrogens with zero attached hydrogens (tertiary/aromatic N) is 2. The molecule has 0 unspecified atom stereocenters. The molecule has 2 aliphatic rings. The molecule has 0 bridgehead atoms. The van der Waals surface area contributed by atoms with Gasteiger partial charge in [-0.2, -0.15) is 0 Å². The highest BCUT2D eigenvalue weighted by molar-refractivity contribution is 7.90. The van der Waals surface area contributed by atoms with E-state index in [4.69, 9.17) is 0 Å². The zero-order chi connectivity index (χ0) is 16.8. The fourth-order valence-electron chi connectivity index (χ4n) is 3.43. The van der Waals surface area contributed by atoms with Crippen LogP contribution in [0.25, 0.3) is 0 Å². The predicted molar refractivity (Wildman–Crippen MR) is 90.9 cm³/mol. The first-order valence-corrected chi connectivity index (χ1v) is 9.84. The second-order valence-corrected chi connectivity index (χ2v) is 10.3. The lowest BCUT2D eigenvalue weighted by Gasteiger charge is -2.42. The van der Waals surface area contributed by atoms with Gasteiger partial charge in [0.05, 0.1) is 11.2 Å². The molecule has 6 nitrogen and oxygen atoms in total. The molecule has 1 aromatic heterocycles. The molecule has 0 aromatic carbocycles. The van der Waals surface area contributed by atoms with Crippen molar-refractivity contribution >= 4 is 28.8 Å². The Hall–Kier alpha value is -0.830. The molecule has 2 atom stereocenters. The van der Waals surface area contributed by atoms with Crippen LogP contribution in [0, 0.1) is 5.41 Å². The molecule has 1 aliphatic heterocycles. The van der Waals surface area contributed by atoms with Crippen LogP contribution in [0.15, 0.2) is 5.51 Å². The van der Waals surface area contributed by atoms with Gasteiger partial charge in [0.25, 0.3) is 0 Å². The number of hydrogen-bond acceptors (Lipinski definition) is 5. The van der Waals surface area contributed by atoms with Gasteiger partial charge in [-0.05, 0) is 40.0 Å². The summed E-state index contributed by atoms with van der Waals surface area (Å²) < 4.78 is 15.6. The summed E-state index contributed by atoms with van der Waals surface area (Å²) >= 11 is 0.466. The largest absolute Gasteiger partial charge is 0.598 e. The van der Waals surface area contributed by atoms with E-state index in [1.807, 2.05) is 26.3 Å². The molecule has 2 heterocycles. The molecule has 1 amide bonds. The summed E-state index contributed by atoms with van der Waals surface area (Å²) in [6.45, 7) is 6.92. The van der Waals surface area contributed by atoms with Gasteiger partial charge in [0.15, 0.2) is 0 Å². The summed E-state index contributed by atoms with van der Waals surface area (Å²) in [5, 5.41) is 9.17. The Balaban J connectivity index is 1.83. The number of hydrogen-bond donors (Lipinski definition) is 2. The minimum absolute atomic E-state index is 0.0558. The molecular formula is C15H23N3O3S2. The van der Waals surface area contributed by atoms with Crippen molar-refractivity contribution in [1.29, 1.82) is 0 Å². The Morgan fingerprint density at radius 1 is 1.52 bits per heavy atom. The van der Waals surface area contributed by atoms with Crippen LogP contribution in [-0.2, 0) is 17.8 Å². The second kappa shape index (κ2) is 5.91. The van der Waals surface area contributed by atoms with Crippen molar-refractivity contribution in [3.8, 4) is 0 Å². The summed E-state index contributed by atoms with van der Waals surface area (Å²) in [4.78, 5) is 18.4. The zero-order valence-corrected chi connectivity index (χ0v) is 15.3. The summed E-state index contributed by atoms with van der Waals surface area (Å²) in [7, 11) is 0. The predicted octanol–water partition coefficient (Wildman–Crippen LogP) is 2.55. The Labute approximate surface area is 143 Å². The fourth-order valence-corrected chi connectivity index (χ4v) is 5.32. The number of likely N-dealkylation sites (tertiary alicyclic amines) is 1. The lowest BCUT2D eigenvalue weighted by molar-refractivity contribution is 0.0760. The van der Waals surface area contributed by atoms with E-state index in [1.165, 1.54) is 9.78 Å². The average Bonchev–Trinajstić information content (AvgIpc) is 3.00. The van der Waals surface area contributed by atoms with E-state index in [2.05, 4.69) is 9.71 Å². The standard InChI is InChI=1S/C15H23N3O3S2/c1-14(2,3)23(21)17-12-11-10(22-9-16-11)8-15(12)4-6-18(7-5-15)13(19)20/h9,12,17H,4-8H2,1-3H3,(H,19,20)/t12-,23-/m1/s1. The van der Waals surface area contributed by atoms with E-state index in [0.29, 0.717) is 13.1 Å². The van der Waals surface area contributed by atoms with Crippen molar-refractivity contribution in [2.24, 2.45) is 5.41 Å². The van der Waals surface area contributed by atoms with Crippen LogP contribution in [0.1, 0.15) is 50.2 Å². The molecule has 1 aliphatic carbocycles. The third-order valence-corrected chi connectivity index (χ3v) is 7.29. The van der Waals surface area contributed by atoms with E-state index < -0.39 is 17.5 Å². The van der Waals surface area contributed by atoms with Crippen molar-refractivity contribution < 1.29 is 14.5 Å². The first-order chi connectivity index (χ1) is 10.7. The maximum atomic E-state index is 12.6. The first-order valence-electron chi connectivity index (χ1n) is 7.81. The smallest absolute Gasteiger partial charge is 0.407 e. The third-order valence-electron chi connectivity index (χ3n) is 4.88. The number of thiazole rings is 1. The lowest BCUT2D eigenvalue weighted by atomic mass is 9.74. The normalized spacial score (nSPS) is 24.7. The van der Waals surface area contributed by atoms with E-state index in [9.17, 15) is 14.5 Å². The molecule has 1 fully saturated rings. The molecular weight excluding hydrogens is 334 g/mol. The Kier molecular flexibility index (Phi) is 4.37. The van der Waals surface area contributed by atoms with Gasteiger partial charge in [-0.25, -0.2) is 9.78 Å². The van der Waals surface area contributed by atoms with Gasteiger partial charge in [-0.1, -0.05) is 0 Å². The van der Waals surface area contributed by atoms with Gasteiger partial charge in [-0.15, -0.1) is 16.1 Å². The number of amides is 1. The maximum Gasteiger partial charge on any atom is 0.407 e. The molecule has 1 aromatic rings. The SMILES string of the molecule is CC(C)(C)[S@@+]([O-])N[C@@H]1c2ncsc2CC12CCN(C(=O)O)CC2. The van der Waals surface area contributed by atoms with E-state index in [-0.39, 0.29) is 16.2 Å². The van der Waals surface area contributed by atoms with Crippen molar-refractivity contribution in [1.82, 2.24) is 14.6 Å². The Morgan fingerprint density at radius 3 is 2.74 bits per heavy atom. The number of fused-ring (bicyclic) bond motifs is 1. The third kappa shape index (κ3) is 3.09. The van der Waals surface area contributed by atoms with E-state index >= 15 is 0 Å². The van der Waals surface area contributed by atoms with Gasteiger partial charge >= 0.3 is 6.09 Å². The molecule has 128 valence electrons. The van der Waals surface area contributed by atoms with Gasteiger partial charge < -0.3 is 14.6 Å². The quantitative estimate of drug-likeness (QED) is 0.794. The first kappa shape index (κ1) is 17.0. The topological polar surface area (TPSA) is 88.5 Å². The zero-order valence-electron chi connectivity index (χ0n) is 13.7. The fraction of sp³-hybridized carbons (Fsp3) is 0.733. The molecule has 1 spiro atoms. The van der Waals surface area contributed by atoms with Crippen molar-refractivity contribution in [3.05, 3.63) is 16.1 Å². The molecule has 23 heavy (non-hydrogen) atoms. The molecule has 2 N–H and O–H groups in total. The average molecular weight is 358 g/mol. The summed E-state index contributed by atoms with van der Waals surface area (Å²) in [6, 6.07) is -0.0558. The monoisotopic (exact) mass is 357 g/mol. The number of carboxylic acid groups (broad SMARTS) is 1. The number of rotatable bonds is 2. The Bertz CT molecular complexity index is 591. The van der Waals surface area contributed by atoms with E-state index in [1.54, 1.807) is 11.3 Å². The molecule has 0 saturated carbocycles.